The molecule has 1 aliphatic rings. The minimum absolute atomic E-state index is 0.366. The molecule has 0 bridgehead atoms. The van der Waals surface area contributed by atoms with E-state index < -0.39 is 0 Å². The second-order valence-corrected chi connectivity index (χ2v) is 6.58. The van der Waals surface area contributed by atoms with E-state index in [9.17, 15) is 4.79 Å². The fraction of sp³-hybridized carbons (Fsp3) is 0.733. The van der Waals surface area contributed by atoms with Crippen molar-refractivity contribution in [2.24, 2.45) is 0 Å². The summed E-state index contributed by atoms with van der Waals surface area (Å²) in [6.07, 6.45) is 8.50. The summed E-state index contributed by atoms with van der Waals surface area (Å²) in [5, 5.41) is 1.02. The molecule has 1 aliphatic carbocycles. The maximum absolute atomic E-state index is 11.2. The SMILES string of the molecule is CCC(C)c1nc(N(C)C2CCCCC2)sc1C=O. The summed E-state index contributed by atoms with van der Waals surface area (Å²) in [6.45, 7) is 4.29. The lowest BCUT2D eigenvalue weighted by Gasteiger charge is -2.30. The zero-order valence-corrected chi connectivity index (χ0v) is 13.0. The van der Waals surface area contributed by atoms with Crippen molar-refractivity contribution in [2.45, 2.75) is 64.3 Å². The lowest BCUT2D eigenvalue weighted by Crippen LogP contribution is -2.33. The Morgan fingerprint density at radius 1 is 1.42 bits per heavy atom. The number of anilines is 1. The van der Waals surface area contributed by atoms with E-state index in [0.29, 0.717) is 12.0 Å². The summed E-state index contributed by atoms with van der Waals surface area (Å²) in [6, 6.07) is 0.601. The molecule has 1 unspecified atom stereocenters. The minimum atomic E-state index is 0.366. The first-order valence-corrected chi connectivity index (χ1v) is 8.17. The van der Waals surface area contributed by atoms with E-state index in [1.165, 1.54) is 32.1 Å². The average Bonchev–Trinajstić information content (AvgIpc) is 2.90. The third kappa shape index (κ3) is 3.16. The van der Waals surface area contributed by atoms with Crippen LogP contribution >= 0.6 is 11.3 Å². The molecular weight excluding hydrogens is 256 g/mol. The third-order valence-electron chi connectivity index (χ3n) is 4.28. The Morgan fingerprint density at radius 3 is 2.68 bits per heavy atom. The van der Waals surface area contributed by atoms with Gasteiger partial charge in [-0.05, 0) is 25.2 Å². The monoisotopic (exact) mass is 280 g/mol. The molecule has 106 valence electrons. The van der Waals surface area contributed by atoms with Crippen LogP contribution in [0.3, 0.4) is 0 Å². The first-order valence-electron chi connectivity index (χ1n) is 7.36. The van der Waals surface area contributed by atoms with Crippen LogP contribution in [0.15, 0.2) is 0 Å². The quantitative estimate of drug-likeness (QED) is 0.756. The van der Waals surface area contributed by atoms with Gasteiger partial charge in [0.25, 0.3) is 0 Å². The molecule has 1 aromatic heterocycles. The zero-order chi connectivity index (χ0) is 13.8. The van der Waals surface area contributed by atoms with E-state index in [-0.39, 0.29) is 0 Å². The van der Waals surface area contributed by atoms with Crippen LogP contribution in [0.1, 0.15) is 73.7 Å². The first kappa shape index (κ1) is 14.5. The lowest BCUT2D eigenvalue weighted by atomic mass is 9.95. The highest BCUT2D eigenvalue weighted by atomic mass is 32.1. The smallest absolute Gasteiger partial charge is 0.186 e. The molecule has 0 N–H and O–H groups in total. The Morgan fingerprint density at radius 2 is 2.11 bits per heavy atom. The van der Waals surface area contributed by atoms with E-state index in [1.54, 1.807) is 11.3 Å². The maximum atomic E-state index is 11.2. The number of carbonyl (C=O) groups is 1. The van der Waals surface area contributed by atoms with E-state index in [0.717, 1.165) is 28.4 Å². The second kappa shape index (κ2) is 6.51. The first-order chi connectivity index (χ1) is 9.17. The number of carbonyl (C=O) groups excluding carboxylic acids is 1. The summed E-state index contributed by atoms with van der Waals surface area (Å²) in [4.78, 5) is 19.1. The highest BCUT2D eigenvalue weighted by molar-refractivity contribution is 7.17. The zero-order valence-electron chi connectivity index (χ0n) is 12.2. The third-order valence-corrected chi connectivity index (χ3v) is 5.37. The predicted molar refractivity (Wildman–Crippen MR) is 81.5 cm³/mol. The van der Waals surface area contributed by atoms with Crippen molar-refractivity contribution >= 4 is 22.8 Å². The average molecular weight is 280 g/mol. The van der Waals surface area contributed by atoms with Crippen molar-refractivity contribution in [1.82, 2.24) is 4.98 Å². The Labute approximate surface area is 120 Å². The van der Waals surface area contributed by atoms with Crippen LogP contribution in [-0.4, -0.2) is 24.4 Å². The van der Waals surface area contributed by atoms with Gasteiger partial charge >= 0.3 is 0 Å². The van der Waals surface area contributed by atoms with Gasteiger partial charge in [-0.3, -0.25) is 4.79 Å². The van der Waals surface area contributed by atoms with E-state index in [1.807, 2.05) is 0 Å². The van der Waals surface area contributed by atoms with Crippen LogP contribution in [0.5, 0.6) is 0 Å². The molecule has 19 heavy (non-hydrogen) atoms. The normalized spacial score (nSPS) is 18.3. The highest BCUT2D eigenvalue weighted by Gasteiger charge is 2.23. The number of aromatic nitrogens is 1. The van der Waals surface area contributed by atoms with Gasteiger partial charge in [0.1, 0.15) is 0 Å². The lowest BCUT2D eigenvalue weighted by molar-refractivity contribution is 0.112. The van der Waals surface area contributed by atoms with Crippen LogP contribution in [0, 0.1) is 0 Å². The molecule has 1 heterocycles. The molecule has 0 amide bonds. The molecule has 1 aromatic rings. The van der Waals surface area contributed by atoms with E-state index >= 15 is 0 Å². The van der Waals surface area contributed by atoms with Gasteiger partial charge in [0.15, 0.2) is 11.4 Å². The van der Waals surface area contributed by atoms with Crippen molar-refractivity contribution in [3.8, 4) is 0 Å². The Kier molecular flexibility index (Phi) is 4.97. The van der Waals surface area contributed by atoms with Gasteiger partial charge in [-0.15, -0.1) is 0 Å². The van der Waals surface area contributed by atoms with Crippen LogP contribution in [0.2, 0.25) is 0 Å². The molecule has 0 aliphatic heterocycles. The summed E-state index contributed by atoms with van der Waals surface area (Å²) in [5.41, 5.74) is 0.986. The van der Waals surface area contributed by atoms with Gasteiger partial charge < -0.3 is 4.90 Å². The molecule has 4 heteroatoms. The minimum Gasteiger partial charge on any atom is -0.348 e. The number of rotatable bonds is 5. The molecule has 1 saturated carbocycles. The Bertz CT molecular complexity index is 424. The molecule has 1 atom stereocenters. The fourth-order valence-electron chi connectivity index (χ4n) is 2.74. The van der Waals surface area contributed by atoms with Gasteiger partial charge in [0.2, 0.25) is 0 Å². The van der Waals surface area contributed by atoms with Gasteiger partial charge in [0.05, 0.1) is 10.6 Å². The van der Waals surface area contributed by atoms with Crippen molar-refractivity contribution < 1.29 is 4.79 Å². The van der Waals surface area contributed by atoms with Gasteiger partial charge in [0, 0.05) is 13.1 Å². The number of thiazole rings is 1. The standard InChI is InChI=1S/C15H24N2OS/c1-4-11(2)14-13(10-18)19-15(16-14)17(3)12-8-6-5-7-9-12/h10-12H,4-9H2,1-3H3. The predicted octanol–water partition coefficient (Wildman–Crippen LogP) is 4.24. The number of hydrogen-bond donors (Lipinski definition) is 0. The number of nitrogens with zero attached hydrogens (tertiary/aromatic N) is 2. The second-order valence-electron chi connectivity index (χ2n) is 5.58. The fourth-order valence-corrected chi connectivity index (χ4v) is 3.77. The largest absolute Gasteiger partial charge is 0.348 e. The van der Waals surface area contributed by atoms with Crippen LogP contribution < -0.4 is 4.90 Å². The maximum Gasteiger partial charge on any atom is 0.186 e. The van der Waals surface area contributed by atoms with Crippen molar-refractivity contribution in [3.05, 3.63) is 10.6 Å². The van der Waals surface area contributed by atoms with Crippen LogP contribution in [-0.2, 0) is 0 Å². The van der Waals surface area contributed by atoms with Gasteiger partial charge in [-0.1, -0.05) is 44.4 Å². The molecule has 1 fully saturated rings. The van der Waals surface area contributed by atoms with Crippen LogP contribution in [0.25, 0.3) is 0 Å². The van der Waals surface area contributed by atoms with E-state index in [4.69, 9.17) is 4.98 Å². The molecule has 0 spiro atoms. The molecule has 0 saturated heterocycles. The topological polar surface area (TPSA) is 33.2 Å². The van der Waals surface area contributed by atoms with Crippen molar-refractivity contribution in [1.29, 1.82) is 0 Å². The highest BCUT2D eigenvalue weighted by Crippen LogP contribution is 2.33. The van der Waals surface area contributed by atoms with Gasteiger partial charge in [-0.25, -0.2) is 4.98 Å². The van der Waals surface area contributed by atoms with Crippen LogP contribution in [0.4, 0.5) is 5.13 Å². The number of aldehydes is 1. The molecular formula is C15H24N2OS. The van der Waals surface area contributed by atoms with Crippen molar-refractivity contribution in [3.63, 3.8) is 0 Å². The molecule has 0 radical (unpaired) electrons. The Hall–Kier alpha value is -0.900. The molecule has 2 rings (SSSR count). The van der Waals surface area contributed by atoms with Gasteiger partial charge in [-0.2, -0.15) is 0 Å². The van der Waals surface area contributed by atoms with Crippen molar-refractivity contribution in [2.75, 3.05) is 11.9 Å². The summed E-state index contributed by atoms with van der Waals surface area (Å²) in [7, 11) is 2.13. The molecule has 0 aromatic carbocycles. The summed E-state index contributed by atoms with van der Waals surface area (Å²) >= 11 is 1.55. The Balaban J connectivity index is 2.19. The number of hydrogen-bond acceptors (Lipinski definition) is 4. The summed E-state index contributed by atoms with van der Waals surface area (Å²) in [5.74, 6) is 0.366. The van der Waals surface area contributed by atoms with E-state index in [2.05, 4.69) is 25.8 Å². The summed E-state index contributed by atoms with van der Waals surface area (Å²) < 4.78 is 0. The molecule has 3 nitrogen and oxygen atoms in total.